The minimum absolute atomic E-state index is 0.0503. The molecule has 1 aliphatic heterocycles. The minimum Gasteiger partial charge on any atom is -0.313 e. The van der Waals surface area contributed by atoms with Crippen molar-refractivity contribution in [1.82, 2.24) is 19.4 Å². The number of fused-ring (bicyclic) bond motifs is 1. The predicted molar refractivity (Wildman–Crippen MR) is 106 cm³/mol. The largest absolute Gasteiger partial charge is 0.328 e. The lowest BCUT2D eigenvalue weighted by Gasteiger charge is -2.41. The molecule has 1 N–H and O–H groups in total. The summed E-state index contributed by atoms with van der Waals surface area (Å²) in [6.45, 7) is 5.38. The standard InChI is InChI=1S/C21H32N4O/c1-4-22-17-13-21(10-6-5-7-11-21)25(15-17)14-16-8-9-18-19(12-16)24(3)20(26)23(18)2/h8-9,12,17,22H,4-7,10-11,13-15H2,1-3H3/t17-/m1/s1. The van der Waals surface area contributed by atoms with Crippen molar-refractivity contribution >= 4 is 11.0 Å². The third-order valence-corrected chi connectivity index (χ3v) is 6.72. The Kier molecular flexibility index (Phi) is 4.70. The van der Waals surface area contributed by atoms with Crippen molar-refractivity contribution in [1.29, 1.82) is 0 Å². The number of nitrogens with one attached hydrogen (secondary N) is 1. The van der Waals surface area contributed by atoms with Gasteiger partial charge in [-0.05, 0) is 43.5 Å². The Morgan fingerprint density at radius 1 is 1.12 bits per heavy atom. The van der Waals surface area contributed by atoms with Crippen molar-refractivity contribution in [2.24, 2.45) is 14.1 Å². The van der Waals surface area contributed by atoms with E-state index in [-0.39, 0.29) is 5.69 Å². The Labute approximate surface area is 156 Å². The van der Waals surface area contributed by atoms with Gasteiger partial charge in [0.1, 0.15) is 0 Å². The van der Waals surface area contributed by atoms with E-state index >= 15 is 0 Å². The molecule has 0 amide bonds. The Morgan fingerprint density at radius 2 is 1.85 bits per heavy atom. The monoisotopic (exact) mass is 356 g/mol. The summed E-state index contributed by atoms with van der Waals surface area (Å²) in [7, 11) is 3.72. The SMILES string of the molecule is CCN[C@H]1CN(Cc2ccc3c(c2)n(C)c(=O)n3C)C2(CCCCC2)C1. The molecule has 1 spiro atoms. The molecule has 1 aromatic heterocycles. The fourth-order valence-corrected chi connectivity index (χ4v) is 5.37. The first-order chi connectivity index (χ1) is 12.5. The normalized spacial score (nSPS) is 23.3. The Bertz CT molecular complexity index is 844. The molecule has 1 saturated heterocycles. The van der Waals surface area contributed by atoms with Crippen molar-refractivity contribution in [3.63, 3.8) is 0 Å². The van der Waals surface area contributed by atoms with Crippen molar-refractivity contribution < 1.29 is 0 Å². The Hall–Kier alpha value is -1.59. The predicted octanol–water partition coefficient (Wildman–Crippen LogP) is 2.76. The van der Waals surface area contributed by atoms with E-state index in [9.17, 15) is 4.79 Å². The molecule has 0 bridgehead atoms. The van der Waals surface area contributed by atoms with Crippen LogP contribution in [-0.4, -0.2) is 38.7 Å². The maximum atomic E-state index is 12.2. The average Bonchev–Trinajstić information content (AvgIpc) is 3.06. The van der Waals surface area contributed by atoms with Gasteiger partial charge < -0.3 is 5.32 Å². The van der Waals surface area contributed by atoms with E-state index in [0.717, 1.165) is 30.7 Å². The van der Waals surface area contributed by atoms with Crippen LogP contribution in [0.3, 0.4) is 0 Å². The van der Waals surface area contributed by atoms with Gasteiger partial charge in [0.2, 0.25) is 0 Å². The molecule has 0 radical (unpaired) electrons. The lowest BCUT2D eigenvalue weighted by Crippen LogP contribution is -2.44. The van der Waals surface area contributed by atoms with Gasteiger partial charge in [-0.15, -0.1) is 0 Å². The van der Waals surface area contributed by atoms with Gasteiger partial charge >= 0.3 is 5.69 Å². The molecular weight excluding hydrogens is 324 g/mol. The zero-order valence-corrected chi connectivity index (χ0v) is 16.4. The van der Waals surface area contributed by atoms with E-state index in [2.05, 4.69) is 35.3 Å². The highest BCUT2D eigenvalue weighted by Crippen LogP contribution is 2.42. The van der Waals surface area contributed by atoms with Crippen molar-refractivity contribution in [2.45, 2.75) is 63.6 Å². The maximum absolute atomic E-state index is 12.2. The molecule has 1 aliphatic carbocycles. The molecule has 5 nitrogen and oxygen atoms in total. The number of aromatic nitrogens is 2. The number of likely N-dealkylation sites (tertiary alicyclic amines) is 1. The fraction of sp³-hybridized carbons (Fsp3) is 0.667. The summed E-state index contributed by atoms with van der Waals surface area (Å²) in [4.78, 5) is 14.9. The molecule has 26 heavy (non-hydrogen) atoms. The Morgan fingerprint density at radius 3 is 2.58 bits per heavy atom. The minimum atomic E-state index is 0.0503. The van der Waals surface area contributed by atoms with Gasteiger partial charge in [-0.25, -0.2) is 4.79 Å². The van der Waals surface area contributed by atoms with Crippen LogP contribution >= 0.6 is 0 Å². The number of aryl methyl sites for hydroxylation is 2. The second-order valence-corrected chi connectivity index (χ2v) is 8.35. The van der Waals surface area contributed by atoms with Crippen molar-refractivity contribution in [3.8, 4) is 0 Å². The van der Waals surface area contributed by atoms with Gasteiger partial charge in [0.25, 0.3) is 0 Å². The highest BCUT2D eigenvalue weighted by Gasteiger charge is 2.45. The van der Waals surface area contributed by atoms with Crippen molar-refractivity contribution in [3.05, 3.63) is 34.2 Å². The zero-order valence-electron chi connectivity index (χ0n) is 16.4. The summed E-state index contributed by atoms with van der Waals surface area (Å²) in [6, 6.07) is 7.15. The fourth-order valence-electron chi connectivity index (χ4n) is 5.37. The maximum Gasteiger partial charge on any atom is 0.328 e. The second kappa shape index (κ2) is 6.86. The van der Waals surface area contributed by atoms with Gasteiger partial charge in [-0.1, -0.05) is 32.3 Å². The molecule has 2 fully saturated rings. The first-order valence-electron chi connectivity index (χ1n) is 10.2. The smallest absolute Gasteiger partial charge is 0.313 e. The quantitative estimate of drug-likeness (QED) is 0.916. The second-order valence-electron chi connectivity index (χ2n) is 8.35. The lowest BCUT2D eigenvalue weighted by molar-refractivity contribution is 0.0859. The first-order valence-corrected chi connectivity index (χ1v) is 10.2. The topological polar surface area (TPSA) is 42.2 Å². The van der Waals surface area contributed by atoms with Crippen LogP contribution in [0.1, 0.15) is 51.0 Å². The molecule has 1 saturated carbocycles. The number of hydrogen-bond donors (Lipinski definition) is 1. The van der Waals surface area contributed by atoms with E-state index in [1.165, 1.54) is 44.1 Å². The lowest BCUT2D eigenvalue weighted by atomic mass is 9.79. The number of likely N-dealkylation sites (N-methyl/N-ethyl adjacent to an activating group) is 1. The van der Waals surface area contributed by atoms with Crippen LogP contribution in [0.5, 0.6) is 0 Å². The molecule has 2 aliphatic rings. The third kappa shape index (κ3) is 2.91. The van der Waals surface area contributed by atoms with Crippen LogP contribution < -0.4 is 11.0 Å². The summed E-state index contributed by atoms with van der Waals surface area (Å²) >= 11 is 0. The van der Waals surface area contributed by atoms with Gasteiger partial charge in [-0.2, -0.15) is 0 Å². The molecular formula is C21H32N4O. The van der Waals surface area contributed by atoms with Crippen molar-refractivity contribution in [2.75, 3.05) is 13.1 Å². The van der Waals surface area contributed by atoms with E-state index in [1.807, 2.05) is 14.1 Å². The van der Waals surface area contributed by atoms with Gasteiger partial charge in [0.15, 0.2) is 0 Å². The number of rotatable bonds is 4. The van der Waals surface area contributed by atoms with E-state index < -0.39 is 0 Å². The molecule has 5 heteroatoms. The zero-order chi connectivity index (χ0) is 18.3. The summed E-state index contributed by atoms with van der Waals surface area (Å²) in [6.07, 6.45) is 8.07. The summed E-state index contributed by atoms with van der Waals surface area (Å²) < 4.78 is 3.50. The molecule has 0 unspecified atom stereocenters. The molecule has 2 aromatic rings. The van der Waals surface area contributed by atoms with Gasteiger partial charge in [0, 0.05) is 38.8 Å². The van der Waals surface area contributed by atoms with E-state index in [1.54, 1.807) is 9.13 Å². The van der Waals surface area contributed by atoms with E-state index in [4.69, 9.17) is 0 Å². The van der Waals surface area contributed by atoms with Gasteiger partial charge in [0.05, 0.1) is 11.0 Å². The summed E-state index contributed by atoms with van der Waals surface area (Å²) in [5, 5.41) is 3.69. The number of nitrogens with zero attached hydrogens (tertiary/aromatic N) is 3. The molecule has 2 heterocycles. The van der Waals surface area contributed by atoms with Crippen LogP contribution in [0.4, 0.5) is 0 Å². The summed E-state index contributed by atoms with van der Waals surface area (Å²) in [5.74, 6) is 0. The molecule has 1 aromatic carbocycles. The number of benzene rings is 1. The number of imidazole rings is 1. The van der Waals surface area contributed by atoms with Crippen LogP contribution in [0.15, 0.2) is 23.0 Å². The van der Waals surface area contributed by atoms with E-state index in [0.29, 0.717) is 11.6 Å². The summed E-state index contributed by atoms with van der Waals surface area (Å²) in [5.41, 5.74) is 3.80. The number of hydrogen-bond acceptors (Lipinski definition) is 3. The Balaban J connectivity index is 1.63. The highest BCUT2D eigenvalue weighted by atomic mass is 16.1. The highest BCUT2D eigenvalue weighted by molar-refractivity contribution is 5.76. The first kappa shape index (κ1) is 17.8. The van der Waals surface area contributed by atoms with Crippen LogP contribution in [-0.2, 0) is 20.6 Å². The van der Waals surface area contributed by atoms with Crippen LogP contribution in [0.25, 0.3) is 11.0 Å². The molecule has 1 atom stereocenters. The van der Waals surface area contributed by atoms with Crippen LogP contribution in [0, 0.1) is 0 Å². The van der Waals surface area contributed by atoms with Crippen LogP contribution in [0.2, 0.25) is 0 Å². The van der Waals surface area contributed by atoms with Gasteiger partial charge in [-0.3, -0.25) is 14.0 Å². The average molecular weight is 357 g/mol. The molecule has 4 rings (SSSR count). The molecule has 142 valence electrons. The third-order valence-electron chi connectivity index (χ3n) is 6.72.